The smallest absolute Gasteiger partial charge is 0.162 e. The predicted octanol–water partition coefficient (Wildman–Crippen LogP) is 4.91. The Labute approximate surface area is 173 Å². The van der Waals surface area contributed by atoms with Crippen LogP contribution < -0.4 is 10.6 Å². The van der Waals surface area contributed by atoms with Crippen LogP contribution in [0.1, 0.15) is 38.2 Å². The van der Waals surface area contributed by atoms with Crippen molar-refractivity contribution in [2.75, 3.05) is 4.90 Å². The topological polar surface area (TPSA) is 70.1 Å². The molecule has 0 fully saturated rings. The van der Waals surface area contributed by atoms with Crippen molar-refractivity contribution in [2.24, 2.45) is 11.1 Å². The number of hydrogen-bond donors (Lipinski definition) is 1. The molecule has 0 bridgehead atoms. The zero-order valence-electron chi connectivity index (χ0n) is 16.7. The van der Waals surface area contributed by atoms with Crippen molar-refractivity contribution in [1.29, 1.82) is 5.26 Å². The third-order valence-corrected chi connectivity index (χ3v) is 5.67. The van der Waals surface area contributed by atoms with E-state index in [1.54, 1.807) is 29.2 Å². The van der Waals surface area contributed by atoms with E-state index in [1.807, 2.05) is 13.8 Å². The minimum Gasteiger partial charge on any atom is -0.384 e. The number of rotatable bonds is 2. The lowest BCUT2D eigenvalue weighted by atomic mass is 9.68. The van der Waals surface area contributed by atoms with Crippen LogP contribution in [0.2, 0.25) is 0 Å². The summed E-state index contributed by atoms with van der Waals surface area (Å²) in [5, 5.41) is 9.95. The maximum absolute atomic E-state index is 13.5. The van der Waals surface area contributed by atoms with Crippen LogP contribution in [0.25, 0.3) is 0 Å². The van der Waals surface area contributed by atoms with Crippen molar-refractivity contribution in [1.82, 2.24) is 0 Å². The molecule has 4 nitrogen and oxygen atoms in total. The van der Waals surface area contributed by atoms with E-state index in [-0.39, 0.29) is 22.6 Å². The van der Waals surface area contributed by atoms with Crippen molar-refractivity contribution in [3.63, 3.8) is 0 Å². The van der Waals surface area contributed by atoms with E-state index in [1.165, 1.54) is 24.3 Å². The summed E-state index contributed by atoms with van der Waals surface area (Å²) in [7, 11) is 0. The van der Waals surface area contributed by atoms with Gasteiger partial charge < -0.3 is 5.73 Å². The van der Waals surface area contributed by atoms with E-state index in [0.717, 1.165) is 0 Å². The highest BCUT2D eigenvalue weighted by Crippen LogP contribution is 2.50. The van der Waals surface area contributed by atoms with Gasteiger partial charge in [-0.3, -0.25) is 9.69 Å². The zero-order valence-corrected chi connectivity index (χ0v) is 16.7. The number of Topliss-reactive ketones (excluding diaryl/α,β-unsaturated/α-hetero) is 1. The van der Waals surface area contributed by atoms with Gasteiger partial charge in [0.2, 0.25) is 0 Å². The van der Waals surface area contributed by atoms with Gasteiger partial charge in [0.1, 0.15) is 17.5 Å². The van der Waals surface area contributed by atoms with Crippen LogP contribution in [0.3, 0.4) is 0 Å². The van der Waals surface area contributed by atoms with Gasteiger partial charge in [0, 0.05) is 23.4 Å². The molecule has 2 aliphatic rings. The fraction of sp³-hybridized carbons (Fsp3) is 0.250. The average Bonchev–Trinajstić information content (AvgIpc) is 2.68. The summed E-state index contributed by atoms with van der Waals surface area (Å²) in [5.41, 5.74) is 8.81. The molecule has 0 amide bonds. The highest BCUT2D eigenvalue weighted by atomic mass is 19.1. The van der Waals surface area contributed by atoms with Gasteiger partial charge >= 0.3 is 0 Å². The largest absolute Gasteiger partial charge is 0.384 e. The molecule has 1 atom stereocenters. The third kappa shape index (κ3) is 3.26. The SMILES string of the molecule is CC1(C)CC(=O)C2=C(C1)N(c1ccc(F)cc1)C(N)=C(C#N)C2c1ccc(F)cc1. The maximum Gasteiger partial charge on any atom is 0.162 e. The number of benzene rings is 2. The monoisotopic (exact) mass is 405 g/mol. The van der Waals surface area contributed by atoms with E-state index < -0.39 is 17.6 Å². The zero-order chi connectivity index (χ0) is 21.6. The van der Waals surface area contributed by atoms with Gasteiger partial charge in [-0.2, -0.15) is 5.26 Å². The Morgan fingerprint density at radius 1 is 1.03 bits per heavy atom. The Balaban J connectivity index is 1.98. The minimum atomic E-state index is -0.661. The first-order chi connectivity index (χ1) is 14.2. The molecule has 2 N–H and O–H groups in total. The maximum atomic E-state index is 13.5. The van der Waals surface area contributed by atoms with Crippen LogP contribution in [0, 0.1) is 28.4 Å². The summed E-state index contributed by atoms with van der Waals surface area (Å²) in [4.78, 5) is 15.0. The molecule has 2 aromatic carbocycles. The van der Waals surface area contributed by atoms with Gasteiger partial charge in [0.15, 0.2) is 5.78 Å². The molecule has 4 rings (SSSR count). The number of hydrogen-bond acceptors (Lipinski definition) is 4. The molecule has 1 unspecified atom stereocenters. The van der Waals surface area contributed by atoms with E-state index in [2.05, 4.69) is 6.07 Å². The minimum absolute atomic E-state index is 0.0667. The molecule has 30 heavy (non-hydrogen) atoms. The van der Waals surface area contributed by atoms with E-state index >= 15 is 0 Å². The van der Waals surface area contributed by atoms with E-state index in [0.29, 0.717) is 35.4 Å². The summed E-state index contributed by atoms with van der Waals surface area (Å²) in [5.74, 6) is -1.32. The molecular weight excluding hydrogens is 384 g/mol. The number of allylic oxidation sites excluding steroid dienone is 3. The Kier molecular flexibility index (Phi) is 4.70. The van der Waals surface area contributed by atoms with Crippen LogP contribution >= 0.6 is 0 Å². The van der Waals surface area contributed by atoms with Crippen molar-refractivity contribution < 1.29 is 13.6 Å². The molecule has 2 aromatic rings. The molecule has 0 spiro atoms. The van der Waals surface area contributed by atoms with Crippen LogP contribution in [-0.2, 0) is 4.79 Å². The van der Waals surface area contributed by atoms with Crippen LogP contribution in [0.15, 0.2) is 71.2 Å². The number of carbonyl (C=O) groups excluding carboxylic acids is 1. The van der Waals surface area contributed by atoms with E-state index in [4.69, 9.17) is 5.73 Å². The molecule has 0 radical (unpaired) electrons. The van der Waals surface area contributed by atoms with Crippen molar-refractivity contribution >= 4 is 11.5 Å². The number of nitriles is 1. The molecule has 0 saturated heterocycles. The summed E-state index contributed by atoms with van der Waals surface area (Å²) in [6.45, 7) is 4.01. The predicted molar refractivity (Wildman–Crippen MR) is 110 cm³/mol. The molecule has 1 heterocycles. The number of anilines is 1. The molecule has 6 heteroatoms. The molecule has 1 aliphatic carbocycles. The Morgan fingerprint density at radius 3 is 2.17 bits per heavy atom. The number of carbonyl (C=O) groups is 1. The average molecular weight is 405 g/mol. The lowest BCUT2D eigenvalue weighted by Gasteiger charge is -2.43. The van der Waals surface area contributed by atoms with Gasteiger partial charge in [-0.15, -0.1) is 0 Å². The van der Waals surface area contributed by atoms with Gasteiger partial charge in [-0.1, -0.05) is 26.0 Å². The normalized spacial score (nSPS) is 20.8. The van der Waals surface area contributed by atoms with Crippen LogP contribution in [0.5, 0.6) is 0 Å². The highest BCUT2D eigenvalue weighted by molar-refractivity contribution is 6.01. The van der Waals surface area contributed by atoms with Gasteiger partial charge in [0.25, 0.3) is 0 Å². The Morgan fingerprint density at radius 2 is 1.60 bits per heavy atom. The van der Waals surface area contributed by atoms with E-state index in [9.17, 15) is 18.8 Å². The lowest BCUT2D eigenvalue weighted by molar-refractivity contribution is -0.118. The molecule has 152 valence electrons. The second-order valence-electron chi connectivity index (χ2n) is 8.51. The van der Waals surface area contributed by atoms with Crippen molar-refractivity contribution in [2.45, 2.75) is 32.6 Å². The van der Waals surface area contributed by atoms with Crippen LogP contribution in [0.4, 0.5) is 14.5 Å². The Bertz CT molecular complexity index is 1120. The number of nitrogens with zero attached hydrogens (tertiary/aromatic N) is 2. The lowest BCUT2D eigenvalue weighted by Crippen LogP contribution is -2.42. The summed E-state index contributed by atoms with van der Waals surface area (Å²) in [6.07, 6.45) is 0.891. The van der Waals surface area contributed by atoms with Gasteiger partial charge in [-0.05, 0) is 53.8 Å². The highest BCUT2D eigenvalue weighted by Gasteiger charge is 2.44. The summed E-state index contributed by atoms with van der Waals surface area (Å²) in [6, 6.07) is 13.7. The number of nitrogens with two attached hydrogens (primary N) is 1. The fourth-order valence-corrected chi connectivity index (χ4v) is 4.38. The first-order valence-electron chi connectivity index (χ1n) is 9.69. The first-order valence-corrected chi connectivity index (χ1v) is 9.69. The summed E-state index contributed by atoms with van der Waals surface area (Å²) >= 11 is 0. The fourth-order valence-electron chi connectivity index (χ4n) is 4.38. The van der Waals surface area contributed by atoms with Gasteiger partial charge in [0.05, 0.1) is 17.6 Å². The number of halogens is 2. The standard InChI is InChI=1S/C24H21F2N3O/c1-24(2)11-19-22(20(30)12-24)21(14-3-5-15(25)6-4-14)18(13-27)23(28)29(19)17-9-7-16(26)8-10-17/h3-10,21H,11-12,28H2,1-2H3. The second-order valence-corrected chi connectivity index (χ2v) is 8.51. The van der Waals surface area contributed by atoms with Gasteiger partial charge in [-0.25, -0.2) is 8.78 Å². The first kappa shape index (κ1) is 19.8. The molecular formula is C24H21F2N3O. The third-order valence-electron chi connectivity index (χ3n) is 5.67. The molecule has 0 saturated carbocycles. The second kappa shape index (κ2) is 7.10. The quantitative estimate of drug-likeness (QED) is 0.771. The van der Waals surface area contributed by atoms with Crippen molar-refractivity contribution in [3.8, 4) is 6.07 Å². The molecule has 1 aliphatic heterocycles. The number of ketones is 1. The summed E-state index contributed by atoms with van der Waals surface area (Å²) < 4.78 is 27.0. The molecule has 0 aromatic heterocycles. The Hall–Kier alpha value is -3.46. The van der Waals surface area contributed by atoms with Crippen LogP contribution in [-0.4, -0.2) is 5.78 Å². The van der Waals surface area contributed by atoms with Crippen molar-refractivity contribution in [3.05, 3.63) is 88.4 Å².